The van der Waals surface area contributed by atoms with E-state index in [1.807, 2.05) is 0 Å². The van der Waals surface area contributed by atoms with Crippen LogP contribution in [0.2, 0.25) is 0 Å². The largest absolute Gasteiger partial charge is 0.357 e. The predicted molar refractivity (Wildman–Crippen MR) is 85.2 cm³/mol. The van der Waals surface area contributed by atoms with E-state index in [1.54, 1.807) is 0 Å². The van der Waals surface area contributed by atoms with Gasteiger partial charge in [-0.2, -0.15) is 5.10 Å². The molecule has 1 aliphatic rings. The first-order chi connectivity index (χ1) is 9.63. The van der Waals surface area contributed by atoms with Crippen LogP contribution in [0.3, 0.4) is 0 Å². The van der Waals surface area contributed by atoms with Crippen LogP contribution in [0, 0.1) is 12.8 Å². The molecule has 0 aromatic carbocycles. The molecule has 1 aliphatic heterocycles. The van der Waals surface area contributed by atoms with E-state index in [0.717, 1.165) is 19.0 Å². The van der Waals surface area contributed by atoms with Crippen LogP contribution in [-0.4, -0.2) is 29.4 Å². The summed E-state index contributed by atoms with van der Waals surface area (Å²) in [6.45, 7) is 11.1. The van der Waals surface area contributed by atoms with Gasteiger partial charge < -0.3 is 10.2 Å². The van der Waals surface area contributed by atoms with E-state index in [9.17, 15) is 0 Å². The first-order valence-corrected chi connectivity index (χ1v) is 8.11. The highest BCUT2D eigenvalue weighted by atomic mass is 15.4. The van der Waals surface area contributed by atoms with Gasteiger partial charge in [0.05, 0.1) is 5.69 Å². The summed E-state index contributed by atoms with van der Waals surface area (Å²) >= 11 is 0. The normalized spacial score (nSPS) is 20.2. The Kier molecular flexibility index (Phi) is 5.46. The van der Waals surface area contributed by atoms with E-state index >= 15 is 0 Å². The van der Waals surface area contributed by atoms with Crippen molar-refractivity contribution in [2.45, 2.75) is 53.0 Å². The number of aromatic nitrogens is 2. The minimum Gasteiger partial charge on any atom is -0.357 e. The number of nitrogens with one attached hydrogen (secondary N) is 1. The zero-order chi connectivity index (χ0) is 14.5. The van der Waals surface area contributed by atoms with Crippen molar-refractivity contribution < 1.29 is 0 Å². The molecule has 0 bridgehead atoms. The van der Waals surface area contributed by atoms with Crippen molar-refractivity contribution in [3.63, 3.8) is 0 Å². The van der Waals surface area contributed by atoms with E-state index in [1.165, 1.54) is 55.8 Å². The molecule has 0 spiro atoms. The van der Waals surface area contributed by atoms with Crippen molar-refractivity contribution in [3.05, 3.63) is 11.3 Å². The van der Waals surface area contributed by atoms with Crippen molar-refractivity contribution >= 4 is 5.82 Å². The molecule has 2 rings (SSSR count). The standard InChI is InChI=1S/C16H30N4/c1-5-9-17-12-15-14(3)18-19(4)16(15)20-10-6-7-13(2)8-11-20/h13,17H,5-12H2,1-4H3. The third-order valence-corrected chi connectivity index (χ3v) is 4.36. The summed E-state index contributed by atoms with van der Waals surface area (Å²) in [5.74, 6) is 2.19. The Hall–Kier alpha value is -1.03. The number of anilines is 1. The zero-order valence-electron chi connectivity index (χ0n) is 13.6. The van der Waals surface area contributed by atoms with Gasteiger partial charge in [0.1, 0.15) is 5.82 Å². The summed E-state index contributed by atoms with van der Waals surface area (Å²) < 4.78 is 2.08. The van der Waals surface area contributed by atoms with E-state index in [0.29, 0.717) is 0 Å². The highest BCUT2D eigenvalue weighted by molar-refractivity contribution is 5.50. The average molecular weight is 278 g/mol. The molecule has 0 radical (unpaired) electrons. The van der Waals surface area contributed by atoms with Gasteiger partial charge in [-0.25, -0.2) is 0 Å². The van der Waals surface area contributed by atoms with Gasteiger partial charge in [0.25, 0.3) is 0 Å². The minimum atomic E-state index is 0.857. The lowest BCUT2D eigenvalue weighted by atomic mass is 10.0. The topological polar surface area (TPSA) is 33.1 Å². The van der Waals surface area contributed by atoms with E-state index < -0.39 is 0 Å². The summed E-state index contributed by atoms with van der Waals surface area (Å²) in [6, 6.07) is 0. The molecule has 0 aliphatic carbocycles. The van der Waals surface area contributed by atoms with Crippen molar-refractivity contribution in [3.8, 4) is 0 Å². The van der Waals surface area contributed by atoms with E-state index in [4.69, 9.17) is 0 Å². The lowest BCUT2D eigenvalue weighted by molar-refractivity contribution is 0.520. The summed E-state index contributed by atoms with van der Waals surface area (Å²) in [7, 11) is 2.08. The Balaban J connectivity index is 2.16. The summed E-state index contributed by atoms with van der Waals surface area (Å²) in [5, 5.41) is 8.18. The second-order valence-electron chi connectivity index (χ2n) is 6.21. The number of aryl methyl sites for hydroxylation is 2. The van der Waals surface area contributed by atoms with Crippen LogP contribution >= 0.6 is 0 Å². The molecule has 0 amide bonds. The number of hydrogen-bond acceptors (Lipinski definition) is 3. The smallest absolute Gasteiger partial charge is 0.131 e. The first kappa shape index (κ1) is 15.4. The molecule has 20 heavy (non-hydrogen) atoms. The molecule has 1 aromatic rings. The Labute approximate surface area is 123 Å². The molecule has 1 fully saturated rings. The summed E-state index contributed by atoms with van der Waals surface area (Å²) in [5.41, 5.74) is 2.55. The molecular formula is C16H30N4. The molecule has 2 heterocycles. The van der Waals surface area contributed by atoms with Crippen LogP contribution in [0.4, 0.5) is 5.82 Å². The second-order valence-corrected chi connectivity index (χ2v) is 6.21. The maximum Gasteiger partial charge on any atom is 0.131 e. The molecule has 4 heteroatoms. The first-order valence-electron chi connectivity index (χ1n) is 8.11. The van der Waals surface area contributed by atoms with Crippen LogP contribution in [0.1, 0.15) is 50.8 Å². The van der Waals surface area contributed by atoms with Gasteiger partial charge in [0.2, 0.25) is 0 Å². The quantitative estimate of drug-likeness (QED) is 0.841. The molecule has 4 nitrogen and oxygen atoms in total. The van der Waals surface area contributed by atoms with Gasteiger partial charge in [-0.05, 0) is 45.1 Å². The lowest BCUT2D eigenvalue weighted by Gasteiger charge is -2.24. The molecule has 1 N–H and O–H groups in total. The van der Waals surface area contributed by atoms with Crippen LogP contribution in [-0.2, 0) is 13.6 Å². The van der Waals surface area contributed by atoms with E-state index in [-0.39, 0.29) is 0 Å². The third-order valence-electron chi connectivity index (χ3n) is 4.36. The maximum absolute atomic E-state index is 4.65. The molecule has 1 aromatic heterocycles. The van der Waals surface area contributed by atoms with Crippen molar-refractivity contribution in [1.82, 2.24) is 15.1 Å². The second kappa shape index (κ2) is 7.11. The van der Waals surface area contributed by atoms with Gasteiger partial charge in [0.15, 0.2) is 0 Å². The predicted octanol–water partition coefficient (Wildman–Crippen LogP) is 2.85. The van der Waals surface area contributed by atoms with Gasteiger partial charge in [-0.3, -0.25) is 4.68 Å². The highest BCUT2D eigenvalue weighted by Crippen LogP contribution is 2.27. The molecule has 114 valence electrons. The number of hydrogen-bond donors (Lipinski definition) is 1. The van der Waals surface area contributed by atoms with Gasteiger partial charge >= 0.3 is 0 Å². The zero-order valence-corrected chi connectivity index (χ0v) is 13.6. The fourth-order valence-corrected chi connectivity index (χ4v) is 3.16. The van der Waals surface area contributed by atoms with Gasteiger partial charge in [-0.1, -0.05) is 13.8 Å². The molecular weight excluding hydrogens is 248 g/mol. The molecule has 1 saturated heterocycles. The van der Waals surface area contributed by atoms with Crippen LogP contribution in [0.25, 0.3) is 0 Å². The van der Waals surface area contributed by atoms with E-state index in [2.05, 4.69) is 47.8 Å². The highest BCUT2D eigenvalue weighted by Gasteiger charge is 2.21. The molecule has 0 saturated carbocycles. The SMILES string of the molecule is CCCNCc1c(C)nn(C)c1N1CCCC(C)CC1. The summed E-state index contributed by atoms with van der Waals surface area (Å²) in [4.78, 5) is 2.55. The van der Waals surface area contributed by atoms with Gasteiger partial charge in [0, 0.05) is 32.2 Å². The number of nitrogens with zero attached hydrogens (tertiary/aromatic N) is 3. The third kappa shape index (κ3) is 3.54. The van der Waals surface area contributed by atoms with Crippen molar-refractivity contribution in [1.29, 1.82) is 0 Å². The monoisotopic (exact) mass is 278 g/mol. The van der Waals surface area contributed by atoms with Crippen LogP contribution in [0.15, 0.2) is 0 Å². The lowest BCUT2D eigenvalue weighted by Crippen LogP contribution is -2.28. The summed E-state index contributed by atoms with van der Waals surface area (Å²) in [6.07, 6.45) is 5.13. The maximum atomic E-state index is 4.65. The van der Waals surface area contributed by atoms with Crippen molar-refractivity contribution in [2.24, 2.45) is 13.0 Å². The van der Waals surface area contributed by atoms with Gasteiger partial charge in [-0.15, -0.1) is 0 Å². The fourth-order valence-electron chi connectivity index (χ4n) is 3.16. The Morgan fingerprint density at radius 2 is 2.10 bits per heavy atom. The Bertz CT molecular complexity index is 424. The minimum absolute atomic E-state index is 0.857. The average Bonchev–Trinajstić information content (AvgIpc) is 2.58. The Morgan fingerprint density at radius 3 is 2.85 bits per heavy atom. The van der Waals surface area contributed by atoms with Crippen LogP contribution in [0.5, 0.6) is 0 Å². The molecule has 1 atom stereocenters. The van der Waals surface area contributed by atoms with Crippen molar-refractivity contribution in [2.75, 3.05) is 24.5 Å². The number of rotatable bonds is 5. The molecule has 1 unspecified atom stereocenters. The van der Waals surface area contributed by atoms with Crippen LogP contribution < -0.4 is 10.2 Å². The fraction of sp³-hybridized carbons (Fsp3) is 0.812. The Morgan fingerprint density at radius 1 is 1.30 bits per heavy atom.